The molecule has 138 valence electrons. The number of hydrogen-bond donors (Lipinski definition) is 0. The molecule has 0 radical (unpaired) electrons. The van der Waals surface area contributed by atoms with E-state index in [9.17, 15) is 9.59 Å². The first kappa shape index (κ1) is 17.3. The Morgan fingerprint density at radius 3 is 2.65 bits per heavy atom. The van der Waals surface area contributed by atoms with Gasteiger partial charge in [0.05, 0.1) is 0 Å². The molecule has 4 rings (SSSR count). The van der Waals surface area contributed by atoms with Gasteiger partial charge in [-0.25, -0.2) is 0 Å². The van der Waals surface area contributed by atoms with Gasteiger partial charge in [-0.15, -0.1) is 0 Å². The summed E-state index contributed by atoms with van der Waals surface area (Å²) >= 11 is 0. The van der Waals surface area contributed by atoms with E-state index in [4.69, 9.17) is 9.47 Å². The van der Waals surface area contributed by atoms with Crippen molar-refractivity contribution < 1.29 is 19.1 Å². The van der Waals surface area contributed by atoms with Crippen LogP contribution in [-0.4, -0.2) is 18.0 Å². The number of allylic oxidation sites excluding steroid dienone is 2. The second kappa shape index (κ2) is 6.26. The van der Waals surface area contributed by atoms with Crippen molar-refractivity contribution in [3.05, 3.63) is 35.4 Å². The zero-order chi connectivity index (χ0) is 18.5. The van der Waals surface area contributed by atoms with Crippen LogP contribution in [0.25, 0.3) is 5.57 Å². The second-order valence-corrected chi connectivity index (χ2v) is 8.21. The summed E-state index contributed by atoms with van der Waals surface area (Å²) in [7, 11) is 0. The molecule has 1 saturated carbocycles. The van der Waals surface area contributed by atoms with Crippen LogP contribution in [0.2, 0.25) is 0 Å². The highest BCUT2D eigenvalue weighted by Crippen LogP contribution is 2.59. The molecule has 26 heavy (non-hydrogen) atoms. The molecule has 1 fully saturated rings. The van der Waals surface area contributed by atoms with Crippen molar-refractivity contribution in [2.24, 2.45) is 17.3 Å². The Balaban J connectivity index is 1.65. The highest BCUT2D eigenvalue weighted by molar-refractivity contribution is 5.75. The van der Waals surface area contributed by atoms with Gasteiger partial charge in [-0.05, 0) is 72.8 Å². The van der Waals surface area contributed by atoms with E-state index < -0.39 is 0 Å². The van der Waals surface area contributed by atoms with E-state index >= 15 is 0 Å². The smallest absolute Gasteiger partial charge is 0.308 e. The first-order chi connectivity index (χ1) is 12.4. The molecule has 0 amide bonds. The van der Waals surface area contributed by atoms with Crippen LogP contribution in [0, 0.1) is 17.3 Å². The molecule has 0 N–H and O–H groups in total. The molecule has 4 heteroatoms. The molecule has 3 aliphatic rings. The normalized spacial score (nSPS) is 32.0. The Labute approximate surface area is 154 Å². The Bertz CT molecular complexity index is 793. The minimum Gasteiger partial charge on any atom is -0.462 e. The lowest BCUT2D eigenvalue weighted by atomic mass is 9.60. The van der Waals surface area contributed by atoms with Crippen LogP contribution in [0.4, 0.5) is 0 Å². The number of esters is 2. The van der Waals surface area contributed by atoms with Crippen molar-refractivity contribution in [1.29, 1.82) is 0 Å². The lowest BCUT2D eigenvalue weighted by Gasteiger charge is -2.46. The minimum absolute atomic E-state index is 0.0375. The van der Waals surface area contributed by atoms with Crippen LogP contribution in [0.1, 0.15) is 57.6 Å². The number of benzene rings is 1. The molecule has 0 heterocycles. The van der Waals surface area contributed by atoms with Gasteiger partial charge in [-0.1, -0.05) is 19.1 Å². The van der Waals surface area contributed by atoms with Crippen molar-refractivity contribution >= 4 is 17.5 Å². The minimum atomic E-state index is -0.284. The highest BCUT2D eigenvalue weighted by Gasteiger charge is 2.53. The van der Waals surface area contributed by atoms with Gasteiger partial charge < -0.3 is 9.47 Å². The molecule has 1 aromatic carbocycles. The van der Waals surface area contributed by atoms with E-state index in [0.717, 1.165) is 32.1 Å². The molecule has 0 spiro atoms. The van der Waals surface area contributed by atoms with Crippen molar-refractivity contribution in [2.75, 3.05) is 0 Å². The lowest BCUT2D eigenvalue weighted by molar-refractivity contribution is -0.152. The summed E-state index contributed by atoms with van der Waals surface area (Å²) in [6.45, 7) is 5.24. The fourth-order valence-corrected chi connectivity index (χ4v) is 5.53. The zero-order valence-corrected chi connectivity index (χ0v) is 15.7. The van der Waals surface area contributed by atoms with Crippen LogP contribution in [0.15, 0.2) is 24.3 Å². The lowest BCUT2D eigenvalue weighted by Crippen LogP contribution is -2.41. The predicted molar refractivity (Wildman–Crippen MR) is 98.5 cm³/mol. The average Bonchev–Trinajstić information content (AvgIpc) is 2.90. The molecule has 1 aromatic rings. The molecule has 0 aromatic heterocycles. The zero-order valence-electron chi connectivity index (χ0n) is 15.7. The van der Waals surface area contributed by atoms with Gasteiger partial charge in [-0.2, -0.15) is 0 Å². The van der Waals surface area contributed by atoms with Crippen LogP contribution in [0.5, 0.6) is 5.75 Å². The monoisotopic (exact) mass is 354 g/mol. The van der Waals surface area contributed by atoms with E-state index in [-0.39, 0.29) is 23.5 Å². The standard InChI is InChI=1S/C22H26O4/c1-13(23)25-16-5-7-17-15(12-16)4-6-19-18(17)10-11-22(3)20(19)8-9-21(22)26-14(2)24/h5,7,10,12,19-21H,4,6,8-9,11H2,1-3H3/t19-,20-,21+,22+/m1/s1. The third-order valence-electron chi connectivity index (χ3n) is 6.65. The number of carbonyl (C=O) groups excluding carboxylic acids is 2. The van der Waals surface area contributed by atoms with Crippen molar-refractivity contribution in [3.63, 3.8) is 0 Å². The van der Waals surface area contributed by atoms with E-state index in [1.807, 2.05) is 12.1 Å². The van der Waals surface area contributed by atoms with Crippen molar-refractivity contribution in [3.8, 4) is 5.75 Å². The molecule has 4 atom stereocenters. The molecular formula is C22H26O4. The summed E-state index contributed by atoms with van der Waals surface area (Å²) in [5.74, 6) is 1.27. The maximum Gasteiger partial charge on any atom is 0.308 e. The highest BCUT2D eigenvalue weighted by atomic mass is 16.5. The van der Waals surface area contributed by atoms with Gasteiger partial charge in [-0.3, -0.25) is 9.59 Å². The number of ether oxygens (including phenoxy) is 2. The van der Waals surface area contributed by atoms with Gasteiger partial charge >= 0.3 is 11.9 Å². The third kappa shape index (κ3) is 2.76. The van der Waals surface area contributed by atoms with Crippen LogP contribution >= 0.6 is 0 Å². The predicted octanol–water partition coefficient (Wildman–Crippen LogP) is 4.31. The summed E-state index contributed by atoms with van der Waals surface area (Å²) in [5.41, 5.74) is 4.06. The molecule has 4 nitrogen and oxygen atoms in total. The molecular weight excluding hydrogens is 328 g/mol. The number of rotatable bonds is 2. The summed E-state index contributed by atoms with van der Waals surface area (Å²) in [5, 5.41) is 0. The number of fused-ring (bicyclic) bond motifs is 5. The topological polar surface area (TPSA) is 52.6 Å². The number of hydrogen-bond acceptors (Lipinski definition) is 4. The molecule has 0 saturated heterocycles. The maximum absolute atomic E-state index is 11.5. The van der Waals surface area contributed by atoms with Crippen LogP contribution in [-0.2, 0) is 20.7 Å². The fourth-order valence-electron chi connectivity index (χ4n) is 5.53. The first-order valence-corrected chi connectivity index (χ1v) is 9.57. The average molecular weight is 354 g/mol. The van der Waals surface area contributed by atoms with Gasteiger partial charge in [0.15, 0.2) is 0 Å². The third-order valence-corrected chi connectivity index (χ3v) is 6.65. The van der Waals surface area contributed by atoms with Gasteiger partial charge in [0.2, 0.25) is 0 Å². The number of carbonyl (C=O) groups is 2. The van der Waals surface area contributed by atoms with E-state index in [1.165, 1.54) is 30.5 Å². The van der Waals surface area contributed by atoms with Gasteiger partial charge in [0, 0.05) is 19.3 Å². The summed E-state index contributed by atoms with van der Waals surface area (Å²) in [6, 6.07) is 6.01. The van der Waals surface area contributed by atoms with Crippen LogP contribution < -0.4 is 4.74 Å². The molecule has 0 unspecified atom stereocenters. The largest absolute Gasteiger partial charge is 0.462 e. The first-order valence-electron chi connectivity index (χ1n) is 9.57. The van der Waals surface area contributed by atoms with E-state index in [1.54, 1.807) is 0 Å². The Morgan fingerprint density at radius 2 is 1.92 bits per heavy atom. The maximum atomic E-state index is 11.5. The van der Waals surface area contributed by atoms with Crippen LogP contribution in [0.3, 0.4) is 0 Å². The summed E-state index contributed by atoms with van der Waals surface area (Å²) < 4.78 is 10.9. The molecule has 0 bridgehead atoms. The van der Waals surface area contributed by atoms with Gasteiger partial charge in [0.25, 0.3) is 0 Å². The number of aryl methyl sites for hydroxylation is 1. The summed E-state index contributed by atoms with van der Waals surface area (Å²) in [4.78, 5) is 22.7. The molecule has 3 aliphatic carbocycles. The Morgan fingerprint density at radius 1 is 1.12 bits per heavy atom. The quantitative estimate of drug-likeness (QED) is 0.587. The Kier molecular flexibility index (Phi) is 4.17. The van der Waals surface area contributed by atoms with Crippen molar-refractivity contribution in [1.82, 2.24) is 0 Å². The Hall–Kier alpha value is -2.10. The van der Waals surface area contributed by atoms with E-state index in [0.29, 0.717) is 17.6 Å². The summed E-state index contributed by atoms with van der Waals surface area (Å²) in [6.07, 6.45) is 7.55. The van der Waals surface area contributed by atoms with Gasteiger partial charge in [0.1, 0.15) is 11.9 Å². The van der Waals surface area contributed by atoms with Crippen molar-refractivity contribution in [2.45, 2.75) is 59.0 Å². The fraction of sp³-hybridized carbons (Fsp3) is 0.545. The molecule has 0 aliphatic heterocycles. The second-order valence-electron chi connectivity index (χ2n) is 8.21. The van der Waals surface area contributed by atoms with E-state index in [2.05, 4.69) is 19.1 Å². The SMILES string of the molecule is CC(=O)Oc1ccc2c(c1)CC[C@@H]1C2=CC[C@]2(C)[C@@H](OC(C)=O)CC[C@H]12.